The minimum atomic E-state index is 0.459. The normalized spacial score (nSPS) is 11.7. The van der Waals surface area contributed by atoms with Crippen molar-refractivity contribution in [2.24, 2.45) is 4.99 Å². The van der Waals surface area contributed by atoms with Gasteiger partial charge in [-0.05, 0) is 25.1 Å². The highest BCUT2D eigenvalue weighted by Gasteiger charge is 1.94. The number of hydrogen-bond donors (Lipinski definition) is 0. The Morgan fingerprint density at radius 2 is 2.13 bits per heavy atom. The molecule has 0 N–H and O–H groups in total. The maximum Gasteiger partial charge on any atom is 0.130 e. The number of benzene rings is 1. The Labute approximate surface area is 90.6 Å². The molecule has 0 atom stereocenters. The largest absolute Gasteiger partial charge is 0.487 e. The fraction of sp³-hybridized carbons (Fsp3) is 0.154. The molecule has 0 spiro atoms. The van der Waals surface area contributed by atoms with Crippen LogP contribution in [0.15, 0.2) is 59.8 Å². The van der Waals surface area contributed by atoms with Crippen LogP contribution in [0.5, 0.6) is 5.75 Å². The van der Waals surface area contributed by atoms with Crippen LogP contribution in [-0.4, -0.2) is 12.8 Å². The number of allylic oxidation sites excluding steroid dienone is 2. The number of rotatable bonds is 5. The van der Waals surface area contributed by atoms with Crippen molar-refractivity contribution in [3.05, 3.63) is 54.8 Å². The van der Waals surface area contributed by atoms with E-state index in [1.807, 2.05) is 43.3 Å². The molecule has 0 aliphatic heterocycles. The highest BCUT2D eigenvalue weighted by atomic mass is 16.5. The van der Waals surface area contributed by atoms with Crippen LogP contribution in [0.25, 0.3) is 0 Å². The molecule has 2 heteroatoms. The first-order valence-corrected chi connectivity index (χ1v) is 4.85. The summed E-state index contributed by atoms with van der Waals surface area (Å²) in [4.78, 5) is 4.17. The summed E-state index contributed by atoms with van der Waals surface area (Å²) in [6.07, 6.45) is 5.28. The smallest absolute Gasteiger partial charge is 0.130 e. The third-order valence-electron chi connectivity index (χ3n) is 1.74. The lowest BCUT2D eigenvalue weighted by atomic mass is 10.3. The average Bonchev–Trinajstić information content (AvgIpc) is 2.28. The molecule has 0 aromatic heterocycles. The Balaban J connectivity index is 2.55. The van der Waals surface area contributed by atoms with Crippen LogP contribution in [0.4, 0.5) is 0 Å². The van der Waals surface area contributed by atoms with Gasteiger partial charge in [0.2, 0.25) is 0 Å². The molecule has 0 aliphatic carbocycles. The summed E-state index contributed by atoms with van der Waals surface area (Å²) in [5, 5.41) is 0. The van der Waals surface area contributed by atoms with Gasteiger partial charge in [0, 0.05) is 6.21 Å². The van der Waals surface area contributed by atoms with E-state index in [9.17, 15) is 0 Å². The minimum Gasteiger partial charge on any atom is -0.487 e. The van der Waals surface area contributed by atoms with Crippen molar-refractivity contribution < 1.29 is 4.74 Å². The zero-order chi connectivity index (χ0) is 10.9. The van der Waals surface area contributed by atoms with E-state index in [-0.39, 0.29) is 0 Å². The monoisotopic (exact) mass is 201 g/mol. The lowest BCUT2D eigenvalue weighted by Crippen LogP contribution is -1.99. The van der Waals surface area contributed by atoms with E-state index in [0.717, 1.165) is 11.4 Å². The SMILES string of the molecule is C=C/C=C(COc1ccccc1)\N=C/C. The minimum absolute atomic E-state index is 0.459. The van der Waals surface area contributed by atoms with E-state index in [0.29, 0.717) is 6.61 Å². The second kappa shape index (κ2) is 6.60. The predicted molar refractivity (Wildman–Crippen MR) is 64.4 cm³/mol. The Hall–Kier alpha value is -1.83. The molecule has 1 aromatic carbocycles. The van der Waals surface area contributed by atoms with E-state index in [2.05, 4.69) is 11.6 Å². The van der Waals surface area contributed by atoms with Crippen molar-refractivity contribution in [1.82, 2.24) is 0 Å². The molecule has 0 fully saturated rings. The summed E-state index contributed by atoms with van der Waals surface area (Å²) in [5.74, 6) is 0.846. The van der Waals surface area contributed by atoms with Crippen LogP contribution in [0.2, 0.25) is 0 Å². The van der Waals surface area contributed by atoms with E-state index in [1.54, 1.807) is 12.3 Å². The van der Waals surface area contributed by atoms with Gasteiger partial charge >= 0.3 is 0 Å². The molecular weight excluding hydrogens is 186 g/mol. The van der Waals surface area contributed by atoms with Crippen LogP contribution in [0.1, 0.15) is 6.92 Å². The van der Waals surface area contributed by atoms with Crippen LogP contribution in [0, 0.1) is 0 Å². The van der Waals surface area contributed by atoms with Crippen LogP contribution >= 0.6 is 0 Å². The summed E-state index contributed by atoms with van der Waals surface area (Å²) < 4.78 is 5.54. The van der Waals surface area contributed by atoms with Gasteiger partial charge in [-0.1, -0.05) is 30.9 Å². The van der Waals surface area contributed by atoms with Gasteiger partial charge in [-0.2, -0.15) is 0 Å². The lowest BCUT2D eigenvalue weighted by molar-refractivity contribution is 0.351. The summed E-state index contributed by atoms with van der Waals surface area (Å²) in [6.45, 7) is 5.97. The van der Waals surface area contributed by atoms with Gasteiger partial charge in [-0.15, -0.1) is 0 Å². The third-order valence-corrected chi connectivity index (χ3v) is 1.74. The molecule has 78 valence electrons. The Morgan fingerprint density at radius 1 is 1.40 bits per heavy atom. The lowest BCUT2D eigenvalue weighted by Gasteiger charge is -2.05. The zero-order valence-electron chi connectivity index (χ0n) is 8.89. The van der Waals surface area contributed by atoms with E-state index in [4.69, 9.17) is 4.74 Å². The third kappa shape index (κ3) is 4.27. The summed E-state index contributed by atoms with van der Waals surface area (Å²) in [7, 11) is 0. The zero-order valence-corrected chi connectivity index (χ0v) is 8.89. The molecule has 2 nitrogen and oxygen atoms in total. The standard InChI is InChI=1S/C13H15NO/c1-3-8-12(14-4-2)11-15-13-9-6-5-7-10-13/h3-10H,1,11H2,2H3/b12-8-,14-4-. The molecular formula is C13H15NO. The average molecular weight is 201 g/mol. The molecule has 0 heterocycles. The number of nitrogens with zero attached hydrogens (tertiary/aromatic N) is 1. The molecule has 0 aliphatic rings. The Bertz CT molecular complexity index is 352. The van der Waals surface area contributed by atoms with Gasteiger partial charge in [0.05, 0.1) is 5.70 Å². The molecule has 1 rings (SSSR count). The summed E-state index contributed by atoms with van der Waals surface area (Å²) in [5.41, 5.74) is 0.858. The first-order chi connectivity index (χ1) is 7.36. The Morgan fingerprint density at radius 3 is 2.73 bits per heavy atom. The topological polar surface area (TPSA) is 21.6 Å². The molecule has 0 saturated carbocycles. The summed E-state index contributed by atoms with van der Waals surface area (Å²) in [6, 6.07) is 9.67. The fourth-order valence-electron chi connectivity index (χ4n) is 1.10. The van der Waals surface area contributed by atoms with Crippen LogP contribution in [-0.2, 0) is 0 Å². The summed E-state index contributed by atoms with van der Waals surface area (Å²) >= 11 is 0. The van der Waals surface area contributed by atoms with Crippen molar-refractivity contribution in [2.45, 2.75) is 6.92 Å². The van der Waals surface area contributed by atoms with Crippen molar-refractivity contribution in [3.8, 4) is 5.75 Å². The van der Waals surface area contributed by atoms with E-state index in [1.165, 1.54) is 0 Å². The van der Waals surface area contributed by atoms with Gasteiger partial charge in [0.1, 0.15) is 12.4 Å². The Kier molecular flexibility index (Phi) is 4.95. The first kappa shape index (κ1) is 11.2. The highest BCUT2D eigenvalue weighted by molar-refractivity contribution is 5.55. The van der Waals surface area contributed by atoms with Crippen molar-refractivity contribution in [2.75, 3.05) is 6.61 Å². The number of hydrogen-bond acceptors (Lipinski definition) is 2. The molecule has 0 amide bonds. The fourth-order valence-corrected chi connectivity index (χ4v) is 1.10. The number of ether oxygens (including phenoxy) is 1. The maximum atomic E-state index is 5.54. The van der Waals surface area contributed by atoms with Gasteiger partial charge in [0.25, 0.3) is 0 Å². The van der Waals surface area contributed by atoms with Crippen LogP contribution in [0.3, 0.4) is 0 Å². The first-order valence-electron chi connectivity index (χ1n) is 4.85. The molecule has 15 heavy (non-hydrogen) atoms. The molecule has 0 radical (unpaired) electrons. The van der Waals surface area contributed by atoms with Crippen molar-refractivity contribution >= 4 is 6.21 Å². The van der Waals surface area contributed by atoms with Gasteiger partial charge in [-0.25, -0.2) is 0 Å². The van der Waals surface area contributed by atoms with Gasteiger partial charge in [-0.3, -0.25) is 4.99 Å². The molecule has 1 aromatic rings. The van der Waals surface area contributed by atoms with Crippen molar-refractivity contribution in [1.29, 1.82) is 0 Å². The second-order valence-electron chi connectivity index (χ2n) is 2.88. The molecule has 0 saturated heterocycles. The van der Waals surface area contributed by atoms with E-state index < -0.39 is 0 Å². The van der Waals surface area contributed by atoms with Crippen LogP contribution < -0.4 is 4.74 Å². The molecule has 0 bridgehead atoms. The van der Waals surface area contributed by atoms with Crippen molar-refractivity contribution in [3.63, 3.8) is 0 Å². The highest BCUT2D eigenvalue weighted by Crippen LogP contribution is 2.10. The quantitative estimate of drug-likeness (QED) is 0.529. The van der Waals surface area contributed by atoms with Gasteiger partial charge < -0.3 is 4.74 Å². The van der Waals surface area contributed by atoms with E-state index >= 15 is 0 Å². The van der Waals surface area contributed by atoms with Gasteiger partial charge in [0.15, 0.2) is 0 Å². The number of para-hydroxylation sites is 1. The number of aliphatic imine (C=N–C) groups is 1. The predicted octanol–water partition coefficient (Wildman–Crippen LogP) is 3.23. The molecule has 0 unspecified atom stereocenters. The maximum absolute atomic E-state index is 5.54. The second-order valence-corrected chi connectivity index (χ2v) is 2.88.